The van der Waals surface area contributed by atoms with Crippen LogP contribution in [0.15, 0.2) is 18.2 Å². The molecule has 0 spiro atoms. The van der Waals surface area contributed by atoms with Gasteiger partial charge >= 0.3 is 5.97 Å². The van der Waals surface area contributed by atoms with Crippen LogP contribution in [0.4, 0.5) is 0 Å². The van der Waals surface area contributed by atoms with Crippen LogP contribution in [-0.4, -0.2) is 45.7 Å². The Bertz CT molecular complexity index is 602. The second-order valence-electron chi connectivity index (χ2n) is 4.68. The Labute approximate surface area is 111 Å². The summed E-state index contributed by atoms with van der Waals surface area (Å²) in [6.07, 6.45) is 2.47. The van der Waals surface area contributed by atoms with Crippen LogP contribution in [0.2, 0.25) is 0 Å². The molecule has 0 N–H and O–H groups in total. The minimum Gasteiger partial charge on any atom is -0.464 e. The maximum atomic E-state index is 11.7. The Hall–Kier alpha value is -1.95. The van der Waals surface area contributed by atoms with Crippen molar-refractivity contribution in [1.29, 1.82) is 0 Å². The fraction of sp³-hybridized carbons (Fsp3) is 0.462. The van der Waals surface area contributed by atoms with Crippen molar-refractivity contribution in [3.63, 3.8) is 0 Å². The van der Waals surface area contributed by atoms with Crippen LogP contribution in [-0.2, 0) is 11.3 Å². The van der Waals surface area contributed by atoms with Crippen LogP contribution in [0.25, 0.3) is 5.65 Å². The molecule has 19 heavy (non-hydrogen) atoms. The van der Waals surface area contributed by atoms with E-state index in [1.54, 1.807) is 16.6 Å². The zero-order valence-electron chi connectivity index (χ0n) is 10.9. The number of carbonyl (C=O) groups excluding carboxylic acids is 1. The molecule has 0 saturated carbocycles. The summed E-state index contributed by atoms with van der Waals surface area (Å²) in [4.78, 5) is 18.4. The van der Waals surface area contributed by atoms with Gasteiger partial charge in [-0.2, -0.15) is 0 Å². The number of ether oxygens (including phenoxy) is 1. The molecule has 0 radical (unpaired) electrons. The second kappa shape index (κ2) is 4.97. The van der Waals surface area contributed by atoms with Gasteiger partial charge in [-0.3, -0.25) is 4.90 Å². The highest BCUT2D eigenvalue weighted by molar-refractivity contribution is 5.88. The molecule has 1 aliphatic heterocycles. The number of methoxy groups -OCH3 is 1. The fourth-order valence-electron chi connectivity index (χ4n) is 2.42. The molecule has 2 aromatic heterocycles. The van der Waals surface area contributed by atoms with Crippen molar-refractivity contribution in [2.45, 2.75) is 19.4 Å². The SMILES string of the molecule is COC(=O)c1cccc2nc(CN3CCCC3)nn12. The summed E-state index contributed by atoms with van der Waals surface area (Å²) in [6.45, 7) is 2.93. The van der Waals surface area contributed by atoms with Gasteiger partial charge in [0.1, 0.15) is 0 Å². The van der Waals surface area contributed by atoms with Crippen LogP contribution >= 0.6 is 0 Å². The molecule has 0 aromatic carbocycles. The number of esters is 1. The molecule has 3 heterocycles. The molecule has 6 heteroatoms. The highest BCUT2D eigenvalue weighted by Gasteiger charge is 2.17. The number of pyridine rings is 1. The third-order valence-electron chi connectivity index (χ3n) is 3.36. The lowest BCUT2D eigenvalue weighted by Gasteiger charge is -2.10. The highest BCUT2D eigenvalue weighted by atomic mass is 16.5. The van der Waals surface area contributed by atoms with Gasteiger partial charge in [0.2, 0.25) is 0 Å². The quantitative estimate of drug-likeness (QED) is 0.774. The number of hydrogen-bond acceptors (Lipinski definition) is 5. The molecular weight excluding hydrogens is 244 g/mol. The summed E-state index contributed by atoms with van der Waals surface area (Å²) in [5, 5.41) is 4.41. The topological polar surface area (TPSA) is 59.7 Å². The number of nitrogens with zero attached hydrogens (tertiary/aromatic N) is 4. The van der Waals surface area contributed by atoms with Gasteiger partial charge in [0.15, 0.2) is 17.2 Å². The lowest BCUT2D eigenvalue weighted by atomic mass is 10.3. The van der Waals surface area contributed by atoms with E-state index >= 15 is 0 Å². The monoisotopic (exact) mass is 260 g/mol. The minimum atomic E-state index is -0.400. The van der Waals surface area contributed by atoms with E-state index in [1.807, 2.05) is 6.07 Å². The van der Waals surface area contributed by atoms with E-state index < -0.39 is 5.97 Å². The molecule has 2 aromatic rings. The van der Waals surface area contributed by atoms with E-state index in [4.69, 9.17) is 4.74 Å². The Kier molecular flexibility index (Phi) is 3.16. The average Bonchev–Trinajstić information content (AvgIpc) is 3.06. The van der Waals surface area contributed by atoms with Gasteiger partial charge in [-0.15, -0.1) is 5.10 Å². The third-order valence-corrected chi connectivity index (χ3v) is 3.36. The van der Waals surface area contributed by atoms with Crippen LogP contribution in [0.1, 0.15) is 29.2 Å². The standard InChI is InChI=1S/C13H16N4O2/c1-19-13(18)10-5-4-6-12-14-11(15-17(10)12)9-16-7-2-3-8-16/h4-6H,2-3,7-9H2,1H3. The molecule has 0 unspecified atom stereocenters. The van der Waals surface area contributed by atoms with Gasteiger partial charge < -0.3 is 4.74 Å². The summed E-state index contributed by atoms with van der Waals surface area (Å²) in [6, 6.07) is 5.32. The fourth-order valence-corrected chi connectivity index (χ4v) is 2.42. The molecule has 0 amide bonds. The zero-order valence-corrected chi connectivity index (χ0v) is 10.9. The predicted molar refractivity (Wildman–Crippen MR) is 68.8 cm³/mol. The van der Waals surface area contributed by atoms with E-state index in [2.05, 4.69) is 15.0 Å². The lowest BCUT2D eigenvalue weighted by molar-refractivity contribution is 0.0591. The molecule has 6 nitrogen and oxygen atoms in total. The molecule has 0 bridgehead atoms. The van der Waals surface area contributed by atoms with Crippen molar-refractivity contribution in [3.8, 4) is 0 Å². The maximum absolute atomic E-state index is 11.7. The van der Waals surface area contributed by atoms with Crippen LogP contribution in [0, 0.1) is 0 Å². The van der Waals surface area contributed by atoms with Gasteiger partial charge in [0.25, 0.3) is 0 Å². The van der Waals surface area contributed by atoms with Crippen molar-refractivity contribution in [2.75, 3.05) is 20.2 Å². The number of carbonyl (C=O) groups is 1. The Balaban J connectivity index is 1.93. The average molecular weight is 260 g/mol. The number of rotatable bonds is 3. The summed E-state index contributed by atoms with van der Waals surface area (Å²) >= 11 is 0. The molecular formula is C13H16N4O2. The van der Waals surface area contributed by atoms with Crippen molar-refractivity contribution >= 4 is 11.6 Å². The molecule has 1 saturated heterocycles. The normalized spacial score (nSPS) is 16.1. The Morgan fingerprint density at radius 2 is 2.16 bits per heavy atom. The van der Waals surface area contributed by atoms with Crippen molar-refractivity contribution in [2.24, 2.45) is 0 Å². The summed E-state index contributed by atoms with van der Waals surface area (Å²) in [5.74, 6) is 0.349. The zero-order chi connectivity index (χ0) is 13.2. The lowest BCUT2D eigenvalue weighted by Crippen LogP contribution is -2.19. The first-order chi connectivity index (χ1) is 9.28. The van der Waals surface area contributed by atoms with E-state index in [1.165, 1.54) is 20.0 Å². The molecule has 1 aliphatic rings. The molecule has 0 atom stereocenters. The van der Waals surface area contributed by atoms with Gasteiger partial charge in [0, 0.05) is 0 Å². The van der Waals surface area contributed by atoms with Gasteiger partial charge in [-0.1, -0.05) is 6.07 Å². The predicted octanol–water partition coefficient (Wildman–Crippen LogP) is 1.11. The number of likely N-dealkylation sites (tertiary alicyclic amines) is 1. The van der Waals surface area contributed by atoms with E-state index in [9.17, 15) is 4.79 Å². The summed E-state index contributed by atoms with van der Waals surface area (Å²) in [7, 11) is 1.36. The Morgan fingerprint density at radius 3 is 2.89 bits per heavy atom. The van der Waals surface area contributed by atoms with Crippen LogP contribution in [0.3, 0.4) is 0 Å². The molecule has 100 valence electrons. The first-order valence-electron chi connectivity index (χ1n) is 6.43. The van der Waals surface area contributed by atoms with Crippen LogP contribution < -0.4 is 0 Å². The number of aromatic nitrogens is 3. The van der Waals surface area contributed by atoms with Crippen molar-refractivity contribution < 1.29 is 9.53 Å². The smallest absolute Gasteiger partial charge is 0.356 e. The Morgan fingerprint density at radius 1 is 1.37 bits per heavy atom. The van der Waals surface area contributed by atoms with Crippen molar-refractivity contribution in [3.05, 3.63) is 29.7 Å². The molecule has 1 fully saturated rings. The largest absolute Gasteiger partial charge is 0.464 e. The molecule has 0 aliphatic carbocycles. The van der Waals surface area contributed by atoms with E-state index in [0.29, 0.717) is 11.3 Å². The maximum Gasteiger partial charge on any atom is 0.356 e. The summed E-state index contributed by atoms with van der Waals surface area (Å²) < 4.78 is 6.30. The second-order valence-corrected chi connectivity index (χ2v) is 4.68. The third kappa shape index (κ3) is 2.31. The van der Waals surface area contributed by atoms with E-state index in [-0.39, 0.29) is 0 Å². The van der Waals surface area contributed by atoms with Crippen LogP contribution in [0.5, 0.6) is 0 Å². The van der Waals surface area contributed by atoms with E-state index in [0.717, 1.165) is 25.5 Å². The van der Waals surface area contributed by atoms with Gasteiger partial charge in [-0.25, -0.2) is 14.3 Å². The van der Waals surface area contributed by atoms with Gasteiger partial charge in [-0.05, 0) is 38.1 Å². The first-order valence-corrected chi connectivity index (χ1v) is 6.43. The van der Waals surface area contributed by atoms with Crippen molar-refractivity contribution in [1.82, 2.24) is 19.5 Å². The summed E-state index contributed by atoms with van der Waals surface area (Å²) in [5.41, 5.74) is 1.08. The number of fused-ring (bicyclic) bond motifs is 1. The highest BCUT2D eigenvalue weighted by Crippen LogP contribution is 2.12. The minimum absolute atomic E-state index is 0.400. The van der Waals surface area contributed by atoms with Gasteiger partial charge in [0.05, 0.1) is 13.7 Å². The first kappa shape index (κ1) is 12.1. The number of hydrogen-bond donors (Lipinski definition) is 0. The molecule has 3 rings (SSSR count).